The highest BCUT2D eigenvalue weighted by Crippen LogP contribution is 2.23. The molecule has 0 aliphatic rings. The Morgan fingerprint density at radius 1 is 1.38 bits per heavy atom. The van der Waals surface area contributed by atoms with Gasteiger partial charge in [0.2, 0.25) is 5.89 Å². The highest BCUT2D eigenvalue weighted by Gasteiger charge is 2.07. The van der Waals surface area contributed by atoms with Gasteiger partial charge in [-0.25, -0.2) is 9.97 Å². The Morgan fingerprint density at radius 3 is 2.69 bits per heavy atom. The van der Waals surface area contributed by atoms with Crippen molar-refractivity contribution in [1.29, 1.82) is 5.41 Å². The van der Waals surface area contributed by atoms with Crippen LogP contribution >= 0.6 is 11.8 Å². The normalized spacial score (nSPS) is 10.3. The summed E-state index contributed by atoms with van der Waals surface area (Å²) in [5.41, 5.74) is 5.59. The van der Waals surface area contributed by atoms with Gasteiger partial charge < -0.3 is 10.2 Å². The number of aromatic nitrogens is 4. The molecule has 82 valence electrons. The topological polar surface area (TPSA) is 115 Å². The molecule has 2 aromatic rings. The van der Waals surface area contributed by atoms with Gasteiger partial charge in [0.1, 0.15) is 16.6 Å². The van der Waals surface area contributed by atoms with Crippen LogP contribution in [0.5, 0.6) is 0 Å². The summed E-state index contributed by atoms with van der Waals surface area (Å²) < 4.78 is 5.17. The maximum absolute atomic E-state index is 7.16. The molecule has 8 heteroatoms. The van der Waals surface area contributed by atoms with E-state index in [4.69, 9.17) is 15.6 Å². The van der Waals surface area contributed by atoms with Crippen LogP contribution in [-0.2, 0) is 0 Å². The minimum atomic E-state index is -0.113. The molecule has 0 aromatic carbocycles. The molecule has 3 N–H and O–H groups in total. The number of nitrogens with one attached hydrogen (secondary N) is 1. The Bertz CT molecular complexity index is 508. The molecule has 7 nitrogen and oxygen atoms in total. The summed E-state index contributed by atoms with van der Waals surface area (Å²) in [4.78, 5) is 8.01. The van der Waals surface area contributed by atoms with E-state index in [0.29, 0.717) is 21.8 Å². The Morgan fingerprint density at radius 2 is 2.19 bits per heavy atom. The maximum atomic E-state index is 7.16. The molecular formula is C8H8N6OS. The molecule has 0 saturated heterocycles. The molecule has 0 amide bonds. The second-order valence-electron chi connectivity index (χ2n) is 2.84. The summed E-state index contributed by atoms with van der Waals surface area (Å²) in [5, 5.41) is 15.7. The summed E-state index contributed by atoms with van der Waals surface area (Å²) in [6, 6.07) is 0. The summed E-state index contributed by atoms with van der Waals surface area (Å²) in [5.74, 6) is 0.383. The predicted octanol–water partition coefficient (Wildman–Crippen LogP) is 0.603. The van der Waals surface area contributed by atoms with Gasteiger partial charge in [0.05, 0.1) is 12.4 Å². The lowest BCUT2D eigenvalue weighted by Crippen LogP contribution is -2.13. The first-order valence-electron chi connectivity index (χ1n) is 4.29. The molecule has 0 atom stereocenters. The zero-order chi connectivity index (χ0) is 11.5. The quantitative estimate of drug-likeness (QED) is 0.592. The molecule has 0 spiro atoms. The van der Waals surface area contributed by atoms with Crippen LogP contribution in [0.3, 0.4) is 0 Å². The number of amidine groups is 1. The molecule has 0 saturated carbocycles. The van der Waals surface area contributed by atoms with Crippen molar-refractivity contribution in [3.8, 4) is 0 Å². The smallest absolute Gasteiger partial charge is 0.282 e. The lowest BCUT2D eigenvalue weighted by atomic mass is 10.4. The fraction of sp³-hybridized carbons (Fsp3) is 0.125. The van der Waals surface area contributed by atoms with Crippen molar-refractivity contribution < 1.29 is 4.42 Å². The van der Waals surface area contributed by atoms with Crippen LogP contribution in [-0.4, -0.2) is 26.0 Å². The zero-order valence-electron chi connectivity index (χ0n) is 8.34. The molecule has 0 unspecified atom stereocenters. The van der Waals surface area contributed by atoms with Gasteiger partial charge in [-0.3, -0.25) is 5.41 Å². The van der Waals surface area contributed by atoms with Gasteiger partial charge in [0.25, 0.3) is 5.22 Å². The zero-order valence-corrected chi connectivity index (χ0v) is 9.15. The average molecular weight is 236 g/mol. The number of rotatable bonds is 3. The summed E-state index contributed by atoms with van der Waals surface area (Å²) in [7, 11) is 0. The van der Waals surface area contributed by atoms with Gasteiger partial charge in [-0.05, 0) is 11.8 Å². The number of hydrogen-bond donors (Lipinski definition) is 2. The van der Waals surface area contributed by atoms with E-state index >= 15 is 0 Å². The van der Waals surface area contributed by atoms with E-state index in [1.807, 2.05) is 0 Å². The standard InChI is InChI=1S/C8H8N6OS/c1-4-13-14-8(15-4)16-6-3-11-5(2-12-6)7(9)10/h2-3H,1H3,(H3,9,10). The number of hydrogen-bond acceptors (Lipinski definition) is 7. The molecule has 2 heterocycles. The molecule has 0 aliphatic carbocycles. The molecule has 0 fully saturated rings. The highest BCUT2D eigenvalue weighted by atomic mass is 32.2. The average Bonchev–Trinajstić information content (AvgIpc) is 2.65. The highest BCUT2D eigenvalue weighted by molar-refractivity contribution is 7.99. The summed E-state index contributed by atoms with van der Waals surface area (Å²) in [6.07, 6.45) is 2.93. The lowest BCUT2D eigenvalue weighted by molar-refractivity contribution is 0.429. The van der Waals surface area contributed by atoms with Crippen molar-refractivity contribution in [1.82, 2.24) is 20.2 Å². The van der Waals surface area contributed by atoms with Crippen molar-refractivity contribution in [3.05, 3.63) is 24.0 Å². The fourth-order valence-corrected chi connectivity index (χ4v) is 1.55. The molecular weight excluding hydrogens is 228 g/mol. The maximum Gasteiger partial charge on any atom is 0.282 e. The van der Waals surface area contributed by atoms with E-state index in [1.54, 1.807) is 6.92 Å². The second-order valence-corrected chi connectivity index (χ2v) is 3.81. The monoisotopic (exact) mass is 236 g/mol. The van der Waals surface area contributed by atoms with E-state index < -0.39 is 0 Å². The van der Waals surface area contributed by atoms with Gasteiger partial charge in [0.15, 0.2) is 0 Å². The van der Waals surface area contributed by atoms with Crippen LogP contribution in [0.15, 0.2) is 27.1 Å². The number of aryl methyl sites for hydroxylation is 1. The van der Waals surface area contributed by atoms with Crippen LogP contribution in [0.1, 0.15) is 11.6 Å². The van der Waals surface area contributed by atoms with E-state index in [9.17, 15) is 0 Å². The Labute approximate surface area is 95.0 Å². The number of nitrogens with two attached hydrogens (primary N) is 1. The first kappa shape index (κ1) is 10.6. The molecule has 2 rings (SSSR count). The van der Waals surface area contributed by atoms with Crippen molar-refractivity contribution in [3.63, 3.8) is 0 Å². The third-order valence-electron chi connectivity index (χ3n) is 1.60. The van der Waals surface area contributed by atoms with Crippen LogP contribution < -0.4 is 5.73 Å². The number of nitrogen functional groups attached to an aromatic ring is 1. The van der Waals surface area contributed by atoms with Crippen molar-refractivity contribution >= 4 is 17.6 Å². The molecule has 0 bridgehead atoms. The van der Waals surface area contributed by atoms with Gasteiger partial charge in [-0.2, -0.15) is 0 Å². The Hall–Kier alpha value is -1.96. The van der Waals surface area contributed by atoms with Crippen molar-refractivity contribution in [2.75, 3.05) is 0 Å². The third-order valence-corrected chi connectivity index (χ3v) is 2.36. The fourth-order valence-electron chi connectivity index (χ4n) is 0.917. The molecule has 0 radical (unpaired) electrons. The van der Waals surface area contributed by atoms with Crippen molar-refractivity contribution in [2.45, 2.75) is 17.2 Å². The molecule has 0 aliphatic heterocycles. The summed E-state index contributed by atoms with van der Waals surface area (Å²) >= 11 is 1.20. The van der Waals surface area contributed by atoms with Crippen LogP contribution in [0.25, 0.3) is 0 Å². The first-order chi connectivity index (χ1) is 7.65. The van der Waals surface area contributed by atoms with Crippen LogP contribution in [0, 0.1) is 12.3 Å². The first-order valence-corrected chi connectivity index (χ1v) is 5.11. The van der Waals surface area contributed by atoms with E-state index in [2.05, 4.69) is 20.2 Å². The van der Waals surface area contributed by atoms with Gasteiger partial charge in [0, 0.05) is 6.92 Å². The van der Waals surface area contributed by atoms with E-state index in [-0.39, 0.29) is 5.84 Å². The van der Waals surface area contributed by atoms with Crippen LogP contribution in [0.2, 0.25) is 0 Å². The Kier molecular flexibility index (Phi) is 2.82. The minimum absolute atomic E-state index is 0.113. The van der Waals surface area contributed by atoms with Gasteiger partial charge >= 0.3 is 0 Å². The summed E-state index contributed by atoms with van der Waals surface area (Å²) in [6.45, 7) is 1.71. The third kappa shape index (κ3) is 2.34. The van der Waals surface area contributed by atoms with Crippen LogP contribution in [0.4, 0.5) is 0 Å². The van der Waals surface area contributed by atoms with Crippen molar-refractivity contribution in [2.24, 2.45) is 5.73 Å². The molecule has 2 aromatic heterocycles. The van der Waals surface area contributed by atoms with E-state index in [0.717, 1.165) is 0 Å². The second kappa shape index (κ2) is 4.27. The largest absolute Gasteiger partial charge is 0.416 e. The van der Waals surface area contributed by atoms with Gasteiger partial charge in [-0.15, -0.1) is 10.2 Å². The lowest BCUT2D eigenvalue weighted by Gasteiger charge is -1.97. The number of nitrogens with zero attached hydrogens (tertiary/aromatic N) is 4. The van der Waals surface area contributed by atoms with E-state index in [1.165, 1.54) is 24.2 Å². The van der Waals surface area contributed by atoms with Gasteiger partial charge in [-0.1, -0.05) is 0 Å². The predicted molar refractivity (Wildman–Crippen MR) is 56.2 cm³/mol. The molecule has 16 heavy (non-hydrogen) atoms. The SMILES string of the molecule is Cc1nnc(Sc2cnc(C(=N)N)cn2)o1. The minimum Gasteiger partial charge on any atom is -0.416 e. The Balaban J connectivity index is 2.14.